The third kappa shape index (κ3) is 8.51. The Bertz CT molecular complexity index is 500. The minimum absolute atomic E-state index is 0.103. The number of hydrogen-bond acceptors (Lipinski definition) is 11. The van der Waals surface area contributed by atoms with E-state index in [0.717, 1.165) is 19.8 Å². The summed E-state index contributed by atoms with van der Waals surface area (Å²) in [4.78, 5) is 23.1. The normalized spacial score (nSPS) is 29.1. The maximum Gasteiger partial charge on any atom is 0.306 e. The van der Waals surface area contributed by atoms with Gasteiger partial charge in [-0.2, -0.15) is 0 Å². The summed E-state index contributed by atoms with van der Waals surface area (Å²) in [5.74, 6) is -1.25. The van der Waals surface area contributed by atoms with Gasteiger partial charge in [-0.15, -0.1) is 0 Å². The quantitative estimate of drug-likeness (QED) is 0.177. The molecule has 0 aliphatic carbocycles. The molecule has 29 heavy (non-hydrogen) atoms. The number of rotatable bonds is 12. The molecule has 170 valence electrons. The Hall–Kier alpha value is -1.34. The van der Waals surface area contributed by atoms with E-state index in [2.05, 4.69) is 0 Å². The summed E-state index contributed by atoms with van der Waals surface area (Å²) in [6, 6.07) is 0. The van der Waals surface area contributed by atoms with Crippen molar-refractivity contribution in [3.05, 3.63) is 0 Å². The Morgan fingerprint density at radius 1 is 1.10 bits per heavy atom. The third-order valence-electron chi connectivity index (χ3n) is 4.41. The van der Waals surface area contributed by atoms with Gasteiger partial charge >= 0.3 is 11.9 Å². The molecule has 0 amide bonds. The second kappa shape index (κ2) is 13.1. The van der Waals surface area contributed by atoms with Crippen molar-refractivity contribution in [3.63, 3.8) is 0 Å². The van der Waals surface area contributed by atoms with Crippen molar-refractivity contribution >= 4 is 11.9 Å². The van der Waals surface area contributed by atoms with Gasteiger partial charge in [0.15, 0.2) is 12.4 Å². The van der Waals surface area contributed by atoms with E-state index in [1.165, 1.54) is 0 Å². The zero-order valence-corrected chi connectivity index (χ0v) is 16.7. The first-order chi connectivity index (χ1) is 13.7. The lowest BCUT2D eigenvalue weighted by atomic mass is 9.98. The predicted octanol–water partition coefficient (Wildman–Crippen LogP) is -1.78. The molecule has 0 unspecified atom stereocenters. The smallest absolute Gasteiger partial charge is 0.306 e. The standard InChI is InChI=1S/C18H32O11/c1-3-4-5-6-14(23)29-17-15(24)13(9-26-10(2)20)28-18(16(17)25)27-8-12(22)11(21)7-19/h11-13,15-19,21-22,24-25H,3-9H2,1-2H3/t11-,12+,13-,15-,16+,17+,18-/m1/s1. The van der Waals surface area contributed by atoms with Crippen molar-refractivity contribution in [2.24, 2.45) is 0 Å². The largest absolute Gasteiger partial charge is 0.463 e. The average molecular weight is 424 g/mol. The van der Waals surface area contributed by atoms with Gasteiger partial charge in [-0.25, -0.2) is 0 Å². The maximum absolute atomic E-state index is 12.0. The van der Waals surface area contributed by atoms with Gasteiger partial charge in [0.05, 0.1) is 13.2 Å². The van der Waals surface area contributed by atoms with Crippen molar-refractivity contribution in [2.75, 3.05) is 19.8 Å². The summed E-state index contributed by atoms with van der Waals surface area (Å²) in [7, 11) is 0. The Morgan fingerprint density at radius 2 is 1.79 bits per heavy atom. The minimum atomic E-state index is -1.60. The third-order valence-corrected chi connectivity index (χ3v) is 4.41. The topological polar surface area (TPSA) is 172 Å². The highest BCUT2D eigenvalue weighted by atomic mass is 16.7. The molecule has 7 atom stereocenters. The van der Waals surface area contributed by atoms with E-state index < -0.39 is 68.1 Å². The molecule has 5 N–H and O–H groups in total. The molecule has 0 radical (unpaired) electrons. The average Bonchev–Trinajstić information content (AvgIpc) is 2.68. The van der Waals surface area contributed by atoms with Crippen molar-refractivity contribution in [2.45, 2.75) is 82.4 Å². The Kier molecular flexibility index (Phi) is 11.6. The van der Waals surface area contributed by atoms with Crippen LogP contribution in [-0.2, 0) is 28.5 Å². The van der Waals surface area contributed by atoms with Crippen LogP contribution >= 0.6 is 0 Å². The van der Waals surface area contributed by atoms with Crippen LogP contribution in [-0.4, -0.2) is 100 Å². The molecular formula is C18H32O11. The summed E-state index contributed by atoms with van der Waals surface area (Å²) in [6.45, 7) is 1.53. The van der Waals surface area contributed by atoms with Crippen LogP contribution in [0.5, 0.6) is 0 Å². The lowest BCUT2D eigenvalue weighted by Crippen LogP contribution is -2.61. The molecule has 0 saturated carbocycles. The first-order valence-electron chi connectivity index (χ1n) is 9.64. The maximum atomic E-state index is 12.0. The summed E-state index contributed by atoms with van der Waals surface area (Å²) in [5, 5.41) is 48.8. The Balaban J connectivity index is 2.81. The van der Waals surface area contributed by atoms with Crippen molar-refractivity contribution < 1.29 is 54.1 Å². The SMILES string of the molecule is CCCCCC(=O)O[C@@H]1[C@H](O)[C@H](OC[C@H](O)[C@H](O)CO)O[C@H](COC(C)=O)[C@H]1O. The molecule has 1 saturated heterocycles. The molecule has 1 heterocycles. The molecule has 0 bridgehead atoms. The van der Waals surface area contributed by atoms with E-state index in [1.54, 1.807) is 0 Å². The molecule has 1 rings (SSSR count). The number of esters is 2. The van der Waals surface area contributed by atoms with Gasteiger partial charge in [0, 0.05) is 13.3 Å². The van der Waals surface area contributed by atoms with E-state index in [9.17, 15) is 30.0 Å². The monoisotopic (exact) mass is 424 g/mol. The van der Waals surface area contributed by atoms with E-state index in [-0.39, 0.29) is 13.0 Å². The number of ether oxygens (including phenoxy) is 4. The number of carbonyl (C=O) groups is 2. The predicted molar refractivity (Wildman–Crippen MR) is 96.4 cm³/mol. The molecule has 0 aromatic carbocycles. The summed E-state index contributed by atoms with van der Waals surface area (Å²) in [5.41, 5.74) is 0. The lowest BCUT2D eigenvalue weighted by Gasteiger charge is -2.41. The molecule has 1 fully saturated rings. The molecule has 0 aromatic rings. The number of unbranched alkanes of at least 4 members (excludes halogenated alkanes) is 2. The van der Waals surface area contributed by atoms with Gasteiger partial charge in [0.1, 0.15) is 37.1 Å². The van der Waals surface area contributed by atoms with Crippen LogP contribution in [0, 0.1) is 0 Å². The van der Waals surface area contributed by atoms with Crippen LogP contribution in [0.15, 0.2) is 0 Å². The second-order valence-electron chi connectivity index (χ2n) is 6.89. The number of hydrogen-bond donors (Lipinski definition) is 5. The van der Waals surface area contributed by atoms with Gasteiger partial charge < -0.3 is 44.5 Å². The van der Waals surface area contributed by atoms with Crippen LogP contribution in [0.4, 0.5) is 0 Å². The number of aliphatic hydroxyl groups is 5. The molecule has 11 heteroatoms. The number of aliphatic hydroxyl groups excluding tert-OH is 5. The Labute approximate surface area is 169 Å². The molecular weight excluding hydrogens is 392 g/mol. The van der Waals surface area contributed by atoms with Gasteiger partial charge in [-0.1, -0.05) is 19.8 Å². The van der Waals surface area contributed by atoms with Gasteiger partial charge in [-0.3, -0.25) is 9.59 Å². The summed E-state index contributed by atoms with van der Waals surface area (Å²) in [6.07, 6.45) is -7.65. The zero-order chi connectivity index (χ0) is 22.0. The van der Waals surface area contributed by atoms with Gasteiger partial charge in [0.2, 0.25) is 0 Å². The summed E-state index contributed by atoms with van der Waals surface area (Å²) >= 11 is 0. The van der Waals surface area contributed by atoms with Crippen LogP contribution in [0.25, 0.3) is 0 Å². The van der Waals surface area contributed by atoms with Crippen LogP contribution < -0.4 is 0 Å². The second-order valence-corrected chi connectivity index (χ2v) is 6.89. The fraction of sp³-hybridized carbons (Fsp3) is 0.889. The first kappa shape index (κ1) is 25.7. The lowest BCUT2D eigenvalue weighted by molar-refractivity contribution is -0.308. The first-order valence-corrected chi connectivity index (χ1v) is 9.64. The highest BCUT2D eigenvalue weighted by Gasteiger charge is 2.48. The minimum Gasteiger partial charge on any atom is -0.463 e. The van der Waals surface area contributed by atoms with E-state index >= 15 is 0 Å². The summed E-state index contributed by atoms with van der Waals surface area (Å²) < 4.78 is 20.7. The molecule has 1 aliphatic rings. The van der Waals surface area contributed by atoms with E-state index in [0.29, 0.717) is 6.42 Å². The van der Waals surface area contributed by atoms with Gasteiger partial charge in [0.25, 0.3) is 0 Å². The molecule has 1 aliphatic heterocycles. The van der Waals surface area contributed by atoms with Crippen molar-refractivity contribution in [1.29, 1.82) is 0 Å². The van der Waals surface area contributed by atoms with E-state index in [1.807, 2.05) is 6.92 Å². The molecule has 0 spiro atoms. The van der Waals surface area contributed by atoms with Crippen molar-refractivity contribution in [1.82, 2.24) is 0 Å². The highest BCUT2D eigenvalue weighted by molar-refractivity contribution is 5.69. The highest BCUT2D eigenvalue weighted by Crippen LogP contribution is 2.26. The van der Waals surface area contributed by atoms with Gasteiger partial charge in [-0.05, 0) is 6.42 Å². The van der Waals surface area contributed by atoms with Crippen LogP contribution in [0.3, 0.4) is 0 Å². The Morgan fingerprint density at radius 3 is 2.38 bits per heavy atom. The zero-order valence-electron chi connectivity index (χ0n) is 16.7. The number of carbonyl (C=O) groups excluding carboxylic acids is 2. The van der Waals surface area contributed by atoms with E-state index in [4.69, 9.17) is 24.1 Å². The molecule has 11 nitrogen and oxygen atoms in total. The van der Waals surface area contributed by atoms with Crippen LogP contribution in [0.1, 0.15) is 39.5 Å². The molecule has 0 aromatic heterocycles. The van der Waals surface area contributed by atoms with Crippen LogP contribution in [0.2, 0.25) is 0 Å². The fourth-order valence-corrected chi connectivity index (χ4v) is 2.67. The fourth-order valence-electron chi connectivity index (χ4n) is 2.67. The van der Waals surface area contributed by atoms with Crippen molar-refractivity contribution in [3.8, 4) is 0 Å².